The minimum atomic E-state index is -0.430. The van der Waals surface area contributed by atoms with Crippen molar-refractivity contribution in [3.05, 3.63) is 50.2 Å². The van der Waals surface area contributed by atoms with Gasteiger partial charge < -0.3 is 5.73 Å². The molecule has 0 aliphatic heterocycles. The third kappa shape index (κ3) is 2.54. The number of hydrogen-bond donors (Lipinski definition) is 1. The Morgan fingerprint density at radius 2 is 2.28 bits per heavy atom. The number of hydrogen-bond acceptors (Lipinski definition) is 5. The number of nitro benzene ring substituents is 1. The van der Waals surface area contributed by atoms with Gasteiger partial charge in [-0.05, 0) is 21.5 Å². The van der Waals surface area contributed by atoms with Crippen LogP contribution in [0.3, 0.4) is 0 Å². The first-order chi connectivity index (χ1) is 8.61. The fourth-order valence-electron chi connectivity index (χ4n) is 1.51. The van der Waals surface area contributed by atoms with Crippen LogP contribution in [0.15, 0.2) is 28.9 Å². The van der Waals surface area contributed by atoms with Gasteiger partial charge in [-0.2, -0.15) is 0 Å². The van der Waals surface area contributed by atoms with Crippen molar-refractivity contribution in [2.45, 2.75) is 13.1 Å². The summed E-state index contributed by atoms with van der Waals surface area (Å²) < 4.78 is 2.05. The summed E-state index contributed by atoms with van der Waals surface area (Å²) in [5.74, 6) is 0. The summed E-state index contributed by atoms with van der Waals surface area (Å²) in [5, 5.41) is 18.6. The lowest BCUT2D eigenvalue weighted by molar-refractivity contribution is -0.385. The minimum Gasteiger partial charge on any atom is -0.325 e. The topological polar surface area (TPSA) is 99.9 Å². The molecule has 0 saturated heterocycles. The Kier molecular flexibility index (Phi) is 3.68. The molecule has 8 heteroatoms. The van der Waals surface area contributed by atoms with E-state index in [9.17, 15) is 10.1 Å². The zero-order valence-electron chi connectivity index (χ0n) is 9.28. The standard InChI is InChI=1S/C10H10BrN5O2/c11-10-7(2-1-3-9(10)16(17)18)5-15-6-8(4-12)13-14-15/h1-3,6H,4-5,12H2. The molecule has 0 aliphatic carbocycles. The largest absolute Gasteiger partial charge is 0.325 e. The van der Waals surface area contributed by atoms with Gasteiger partial charge in [0.15, 0.2) is 0 Å². The summed E-state index contributed by atoms with van der Waals surface area (Å²) in [6.45, 7) is 0.714. The van der Waals surface area contributed by atoms with E-state index in [1.165, 1.54) is 6.07 Å². The van der Waals surface area contributed by atoms with Crippen LogP contribution in [0.25, 0.3) is 0 Å². The molecule has 0 saturated carbocycles. The Morgan fingerprint density at radius 1 is 1.50 bits per heavy atom. The summed E-state index contributed by atoms with van der Waals surface area (Å²) in [4.78, 5) is 10.4. The van der Waals surface area contributed by atoms with Gasteiger partial charge in [-0.15, -0.1) is 5.10 Å². The summed E-state index contributed by atoms with van der Waals surface area (Å²) in [5.41, 5.74) is 6.91. The third-order valence-electron chi connectivity index (χ3n) is 2.38. The van der Waals surface area contributed by atoms with Crippen molar-refractivity contribution < 1.29 is 4.92 Å². The molecule has 18 heavy (non-hydrogen) atoms. The van der Waals surface area contributed by atoms with Crippen LogP contribution in [0, 0.1) is 10.1 Å². The van der Waals surface area contributed by atoms with Crippen molar-refractivity contribution in [2.24, 2.45) is 5.73 Å². The quantitative estimate of drug-likeness (QED) is 0.680. The first kappa shape index (κ1) is 12.7. The van der Waals surface area contributed by atoms with Crippen molar-refractivity contribution in [3.8, 4) is 0 Å². The molecule has 0 radical (unpaired) electrons. The summed E-state index contributed by atoms with van der Waals surface area (Å²) in [7, 11) is 0. The molecule has 2 rings (SSSR count). The molecule has 94 valence electrons. The first-order valence-electron chi connectivity index (χ1n) is 5.12. The number of nitro groups is 1. The van der Waals surface area contributed by atoms with E-state index in [1.807, 2.05) is 0 Å². The zero-order chi connectivity index (χ0) is 13.1. The van der Waals surface area contributed by atoms with E-state index in [4.69, 9.17) is 5.73 Å². The second-order valence-corrected chi connectivity index (χ2v) is 4.41. The average molecular weight is 312 g/mol. The van der Waals surface area contributed by atoms with Crippen LogP contribution < -0.4 is 5.73 Å². The SMILES string of the molecule is NCc1cn(Cc2cccc([N+](=O)[O-])c2Br)nn1. The highest BCUT2D eigenvalue weighted by Gasteiger charge is 2.15. The maximum atomic E-state index is 10.8. The monoisotopic (exact) mass is 311 g/mol. The van der Waals surface area contributed by atoms with E-state index >= 15 is 0 Å². The Balaban J connectivity index is 2.29. The van der Waals surface area contributed by atoms with E-state index in [1.54, 1.807) is 23.0 Å². The molecule has 2 aromatic rings. The van der Waals surface area contributed by atoms with E-state index < -0.39 is 4.92 Å². The second-order valence-electron chi connectivity index (χ2n) is 3.62. The van der Waals surface area contributed by atoms with Gasteiger partial charge in [-0.3, -0.25) is 10.1 Å². The number of nitrogens with two attached hydrogens (primary N) is 1. The first-order valence-corrected chi connectivity index (χ1v) is 5.92. The number of halogens is 1. The fraction of sp³-hybridized carbons (Fsp3) is 0.200. The highest BCUT2D eigenvalue weighted by Crippen LogP contribution is 2.28. The maximum Gasteiger partial charge on any atom is 0.283 e. The number of benzene rings is 1. The van der Waals surface area contributed by atoms with Crippen molar-refractivity contribution in [3.63, 3.8) is 0 Å². The molecule has 0 aliphatic rings. The Bertz CT molecular complexity index is 583. The van der Waals surface area contributed by atoms with Crippen LogP contribution in [0.2, 0.25) is 0 Å². The molecule has 2 N–H and O–H groups in total. The van der Waals surface area contributed by atoms with Crippen molar-refractivity contribution in [1.29, 1.82) is 0 Å². The number of nitrogens with zero attached hydrogens (tertiary/aromatic N) is 4. The Labute approximate surface area is 111 Å². The Morgan fingerprint density at radius 3 is 2.89 bits per heavy atom. The van der Waals surface area contributed by atoms with E-state index in [2.05, 4.69) is 26.2 Å². The fourth-order valence-corrected chi connectivity index (χ4v) is 2.05. The molecule has 1 heterocycles. The summed E-state index contributed by atoms with van der Waals surface area (Å²) >= 11 is 3.24. The Hall–Kier alpha value is -1.80. The predicted octanol–water partition coefficient (Wildman–Crippen LogP) is 1.46. The lowest BCUT2D eigenvalue weighted by atomic mass is 10.2. The molecule has 0 amide bonds. The third-order valence-corrected chi connectivity index (χ3v) is 3.30. The second kappa shape index (κ2) is 5.23. The minimum absolute atomic E-state index is 0.0339. The van der Waals surface area contributed by atoms with E-state index in [0.717, 1.165) is 5.56 Å². The maximum absolute atomic E-state index is 10.8. The molecule has 0 unspecified atom stereocenters. The van der Waals surface area contributed by atoms with Crippen LogP contribution >= 0.6 is 15.9 Å². The van der Waals surface area contributed by atoms with Crippen LogP contribution in [0.5, 0.6) is 0 Å². The number of aromatic nitrogens is 3. The smallest absolute Gasteiger partial charge is 0.283 e. The van der Waals surface area contributed by atoms with Crippen LogP contribution in [0.4, 0.5) is 5.69 Å². The zero-order valence-corrected chi connectivity index (χ0v) is 10.9. The molecule has 0 bridgehead atoms. The van der Waals surface area contributed by atoms with Gasteiger partial charge in [0.05, 0.1) is 23.4 Å². The van der Waals surface area contributed by atoms with Gasteiger partial charge in [0, 0.05) is 12.6 Å². The van der Waals surface area contributed by atoms with Crippen LogP contribution in [0.1, 0.15) is 11.3 Å². The highest BCUT2D eigenvalue weighted by atomic mass is 79.9. The molecule has 7 nitrogen and oxygen atoms in total. The van der Waals surface area contributed by atoms with Gasteiger partial charge in [0.1, 0.15) is 4.47 Å². The number of rotatable bonds is 4. The summed E-state index contributed by atoms with van der Waals surface area (Å²) in [6.07, 6.45) is 1.71. The van der Waals surface area contributed by atoms with Crippen LogP contribution in [-0.4, -0.2) is 19.9 Å². The highest BCUT2D eigenvalue weighted by molar-refractivity contribution is 9.10. The normalized spacial score (nSPS) is 10.6. The molecule has 0 spiro atoms. The molecular formula is C10H10BrN5O2. The molecule has 0 atom stereocenters. The average Bonchev–Trinajstić information content (AvgIpc) is 2.79. The van der Waals surface area contributed by atoms with E-state index in [0.29, 0.717) is 23.3 Å². The lowest BCUT2D eigenvalue weighted by Gasteiger charge is -2.04. The molecule has 1 aromatic carbocycles. The van der Waals surface area contributed by atoms with E-state index in [-0.39, 0.29) is 5.69 Å². The van der Waals surface area contributed by atoms with Gasteiger partial charge in [-0.1, -0.05) is 17.3 Å². The summed E-state index contributed by atoms with van der Waals surface area (Å²) in [6, 6.07) is 4.88. The van der Waals surface area contributed by atoms with Crippen molar-refractivity contribution in [2.75, 3.05) is 0 Å². The van der Waals surface area contributed by atoms with Gasteiger partial charge in [-0.25, -0.2) is 4.68 Å². The van der Waals surface area contributed by atoms with Gasteiger partial charge >= 0.3 is 0 Å². The molecule has 0 fully saturated rings. The van der Waals surface area contributed by atoms with Crippen molar-refractivity contribution >= 4 is 21.6 Å². The van der Waals surface area contributed by atoms with Crippen LogP contribution in [-0.2, 0) is 13.1 Å². The van der Waals surface area contributed by atoms with Gasteiger partial charge in [0.2, 0.25) is 0 Å². The van der Waals surface area contributed by atoms with Gasteiger partial charge in [0.25, 0.3) is 5.69 Å². The predicted molar refractivity (Wildman–Crippen MR) is 67.8 cm³/mol. The molecule has 1 aromatic heterocycles. The lowest BCUT2D eigenvalue weighted by Crippen LogP contribution is -2.02. The molecular weight excluding hydrogens is 302 g/mol. The van der Waals surface area contributed by atoms with Crippen molar-refractivity contribution in [1.82, 2.24) is 15.0 Å².